The van der Waals surface area contributed by atoms with Crippen LogP contribution >= 0.6 is 0 Å². The molecule has 0 bridgehead atoms. The first kappa shape index (κ1) is 23.2. The predicted octanol–water partition coefficient (Wildman–Crippen LogP) is 3.29. The van der Waals surface area contributed by atoms with Gasteiger partial charge in [0, 0.05) is 45.5 Å². The average Bonchev–Trinajstić information content (AvgIpc) is 3.08. The van der Waals surface area contributed by atoms with Crippen molar-refractivity contribution in [2.45, 2.75) is 57.1 Å². The number of morpholine rings is 1. The monoisotopic (exact) mass is 463 g/mol. The minimum absolute atomic E-state index is 0.119. The number of nitrogens with zero attached hydrogens (tertiary/aromatic N) is 5. The van der Waals surface area contributed by atoms with Gasteiger partial charge in [-0.2, -0.15) is 0 Å². The van der Waals surface area contributed by atoms with Crippen LogP contribution in [0.2, 0.25) is 0 Å². The number of rotatable bonds is 6. The van der Waals surface area contributed by atoms with E-state index in [1.807, 2.05) is 17.2 Å². The Morgan fingerprint density at radius 3 is 2.65 bits per heavy atom. The van der Waals surface area contributed by atoms with Crippen molar-refractivity contribution < 1.29 is 9.53 Å². The Labute approximate surface area is 203 Å². The van der Waals surface area contributed by atoms with Crippen LogP contribution in [0.3, 0.4) is 0 Å². The molecule has 0 aliphatic carbocycles. The van der Waals surface area contributed by atoms with Gasteiger partial charge in [-0.3, -0.25) is 9.69 Å². The van der Waals surface area contributed by atoms with E-state index in [1.165, 1.54) is 24.8 Å². The minimum Gasteiger partial charge on any atom is -0.363 e. The number of hydrogen-bond acceptors (Lipinski definition) is 6. The van der Waals surface area contributed by atoms with Crippen molar-refractivity contribution in [3.05, 3.63) is 53.9 Å². The molecule has 0 N–H and O–H groups in total. The van der Waals surface area contributed by atoms with Crippen LogP contribution in [0.25, 0.3) is 0 Å². The number of amides is 1. The Bertz CT molecular complexity index is 949. The molecule has 3 aliphatic heterocycles. The fraction of sp³-hybridized carbons (Fsp3) is 0.593. The summed E-state index contributed by atoms with van der Waals surface area (Å²) in [6, 6.07) is 12.5. The van der Waals surface area contributed by atoms with Crippen molar-refractivity contribution >= 4 is 11.9 Å². The maximum Gasteiger partial charge on any atom is 0.248 e. The zero-order valence-corrected chi connectivity index (χ0v) is 20.2. The maximum atomic E-state index is 12.6. The van der Waals surface area contributed by atoms with Crippen LogP contribution in [0.5, 0.6) is 0 Å². The minimum atomic E-state index is -0.218. The van der Waals surface area contributed by atoms with E-state index in [0.717, 1.165) is 76.6 Å². The summed E-state index contributed by atoms with van der Waals surface area (Å²) in [5.41, 5.74) is 2.15. The van der Waals surface area contributed by atoms with Gasteiger partial charge >= 0.3 is 0 Å². The fourth-order valence-corrected chi connectivity index (χ4v) is 5.53. The molecule has 5 rings (SSSR count). The summed E-state index contributed by atoms with van der Waals surface area (Å²) in [5, 5.41) is 0. The second kappa shape index (κ2) is 10.8. The number of aromatic nitrogens is 2. The maximum absolute atomic E-state index is 12.6. The number of ether oxygens (including phenoxy) is 1. The van der Waals surface area contributed by atoms with Crippen LogP contribution in [0.15, 0.2) is 42.6 Å². The summed E-state index contributed by atoms with van der Waals surface area (Å²) in [4.78, 5) is 28.8. The average molecular weight is 464 g/mol. The lowest BCUT2D eigenvalue weighted by atomic mass is 9.92. The van der Waals surface area contributed by atoms with Gasteiger partial charge in [0.25, 0.3) is 0 Å². The second-order valence-electron chi connectivity index (χ2n) is 10.0. The van der Waals surface area contributed by atoms with Crippen LogP contribution in [0, 0.1) is 0 Å². The molecule has 0 radical (unpaired) electrons. The van der Waals surface area contributed by atoms with Crippen molar-refractivity contribution in [2.75, 3.05) is 50.8 Å². The molecular weight excluding hydrogens is 426 g/mol. The first-order valence-electron chi connectivity index (χ1n) is 12.9. The number of carbonyl (C=O) groups excluding carboxylic acids is 1. The zero-order chi connectivity index (χ0) is 23.2. The van der Waals surface area contributed by atoms with Gasteiger partial charge in [-0.05, 0) is 63.1 Å². The highest BCUT2D eigenvalue weighted by Gasteiger charge is 2.40. The lowest BCUT2D eigenvalue weighted by molar-refractivity contribution is -0.165. The number of benzene rings is 1. The van der Waals surface area contributed by atoms with Crippen molar-refractivity contribution in [1.29, 1.82) is 0 Å². The summed E-state index contributed by atoms with van der Waals surface area (Å²) in [6.45, 7) is 6.64. The van der Waals surface area contributed by atoms with E-state index in [0.29, 0.717) is 6.54 Å². The summed E-state index contributed by atoms with van der Waals surface area (Å²) >= 11 is 0. The van der Waals surface area contributed by atoms with E-state index in [-0.39, 0.29) is 18.1 Å². The number of piperidine rings is 1. The molecule has 0 saturated carbocycles. The van der Waals surface area contributed by atoms with Crippen LogP contribution in [0.1, 0.15) is 49.8 Å². The molecule has 7 nitrogen and oxygen atoms in total. The summed E-state index contributed by atoms with van der Waals surface area (Å²) in [7, 11) is 0. The number of hydrogen-bond donors (Lipinski definition) is 0. The van der Waals surface area contributed by atoms with E-state index in [9.17, 15) is 4.79 Å². The van der Waals surface area contributed by atoms with Crippen molar-refractivity contribution in [2.24, 2.45) is 0 Å². The number of carbonyl (C=O) groups is 1. The fourth-order valence-electron chi connectivity index (χ4n) is 5.53. The molecule has 182 valence electrons. The molecule has 34 heavy (non-hydrogen) atoms. The largest absolute Gasteiger partial charge is 0.363 e. The van der Waals surface area contributed by atoms with Gasteiger partial charge in [0.2, 0.25) is 11.9 Å². The van der Waals surface area contributed by atoms with Crippen LogP contribution in [-0.2, 0) is 22.5 Å². The Kier molecular flexibility index (Phi) is 7.40. The predicted molar refractivity (Wildman–Crippen MR) is 133 cm³/mol. The summed E-state index contributed by atoms with van der Waals surface area (Å²) in [5.74, 6) is 1.00. The molecule has 1 atom stereocenters. The highest BCUT2D eigenvalue weighted by atomic mass is 16.5. The highest BCUT2D eigenvalue weighted by Crippen LogP contribution is 2.31. The standard InChI is InChI=1S/C27H37N5O2/c33-25-21-34-27(22-32(25)18-11-23-8-3-1-4-9-23)12-7-15-30(19-13-27)20-24-10-14-28-26(29-24)31-16-5-2-6-17-31/h1,3-4,8-10,14H,2,5-7,11-13,15-22H2/t27-/m1/s1. The van der Waals surface area contributed by atoms with Gasteiger partial charge in [-0.25, -0.2) is 9.97 Å². The van der Waals surface area contributed by atoms with Gasteiger partial charge in [0.1, 0.15) is 6.61 Å². The Morgan fingerprint density at radius 2 is 1.79 bits per heavy atom. The highest BCUT2D eigenvalue weighted by molar-refractivity contribution is 5.78. The summed E-state index contributed by atoms with van der Waals surface area (Å²) in [6.07, 6.45) is 9.59. The van der Waals surface area contributed by atoms with Crippen LogP contribution in [-0.4, -0.2) is 77.2 Å². The quantitative estimate of drug-likeness (QED) is 0.655. The first-order valence-corrected chi connectivity index (χ1v) is 12.9. The first-order chi connectivity index (χ1) is 16.7. The molecule has 4 heterocycles. The lowest BCUT2D eigenvalue weighted by Crippen LogP contribution is -2.55. The van der Waals surface area contributed by atoms with E-state index in [1.54, 1.807) is 0 Å². The van der Waals surface area contributed by atoms with E-state index in [2.05, 4.69) is 45.1 Å². The molecule has 2 aromatic rings. The molecule has 7 heteroatoms. The normalized spacial score (nSPS) is 24.4. The Balaban J connectivity index is 1.17. The van der Waals surface area contributed by atoms with Crippen molar-refractivity contribution in [3.63, 3.8) is 0 Å². The van der Waals surface area contributed by atoms with Crippen molar-refractivity contribution in [3.8, 4) is 0 Å². The lowest BCUT2D eigenvalue weighted by Gasteiger charge is -2.42. The molecule has 3 saturated heterocycles. The third-order valence-corrected chi connectivity index (χ3v) is 7.56. The van der Waals surface area contributed by atoms with Gasteiger partial charge in [0.15, 0.2) is 0 Å². The smallest absolute Gasteiger partial charge is 0.248 e. The SMILES string of the molecule is O=C1CO[C@@]2(CCCN(Cc3ccnc(N4CCCCC4)n3)CC2)CN1CCc1ccccc1. The van der Waals surface area contributed by atoms with Crippen molar-refractivity contribution in [1.82, 2.24) is 19.8 Å². The van der Waals surface area contributed by atoms with Crippen LogP contribution in [0.4, 0.5) is 5.95 Å². The molecule has 1 amide bonds. The van der Waals surface area contributed by atoms with Gasteiger partial charge in [-0.1, -0.05) is 30.3 Å². The van der Waals surface area contributed by atoms with Gasteiger partial charge < -0.3 is 14.5 Å². The molecule has 3 aliphatic rings. The van der Waals surface area contributed by atoms with E-state index < -0.39 is 0 Å². The van der Waals surface area contributed by atoms with Gasteiger partial charge in [0.05, 0.1) is 11.3 Å². The third kappa shape index (κ3) is 5.76. The third-order valence-electron chi connectivity index (χ3n) is 7.56. The van der Waals surface area contributed by atoms with E-state index in [4.69, 9.17) is 9.72 Å². The number of likely N-dealkylation sites (tertiary alicyclic amines) is 1. The molecule has 1 aromatic carbocycles. The van der Waals surface area contributed by atoms with E-state index >= 15 is 0 Å². The summed E-state index contributed by atoms with van der Waals surface area (Å²) < 4.78 is 6.23. The topological polar surface area (TPSA) is 61.8 Å². The second-order valence-corrected chi connectivity index (χ2v) is 10.0. The molecule has 1 aromatic heterocycles. The molecular formula is C27H37N5O2. The molecule has 0 unspecified atom stereocenters. The Hall–Kier alpha value is -2.51. The van der Waals surface area contributed by atoms with Gasteiger partial charge in [-0.15, -0.1) is 0 Å². The molecule has 1 spiro atoms. The Morgan fingerprint density at radius 1 is 0.941 bits per heavy atom. The van der Waals surface area contributed by atoms with Crippen LogP contribution < -0.4 is 4.90 Å². The molecule has 3 fully saturated rings. The number of anilines is 1. The zero-order valence-electron chi connectivity index (χ0n) is 20.2.